The molecule has 1 nitrogen and oxygen atoms in total. The summed E-state index contributed by atoms with van der Waals surface area (Å²) in [7, 11) is 0. The van der Waals surface area contributed by atoms with Gasteiger partial charge in [-0.2, -0.15) is 5.26 Å². The zero-order chi connectivity index (χ0) is 9.40. The molecule has 2 atom stereocenters. The van der Waals surface area contributed by atoms with Gasteiger partial charge in [-0.05, 0) is 26.2 Å². The predicted molar refractivity (Wildman–Crippen MR) is 47.0 cm³/mol. The summed E-state index contributed by atoms with van der Waals surface area (Å²) in [5.74, 6) is 2.65. The Morgan fingerprint density at radius 2 is 2.08 bits per heavy atom. The Bertz CT molecular complexity index is 185. The fourth-order valence-corrected chi connectivity index (χ4v) is 0.981. The molecule has 0 amide bonds. The number of hydrogen-bond acceptors (Lipinski definition) is 1. The number of rotatable bonds is 5. The highest BCUT2D eigenvalue weighted by Gasteiger charge is 2.06. The lowest BCUT2D eigenvalue weighted by Gasteiger charge is -2.08. The van der Waals surface area contributed by atoms with E-state index in [9.17, 15) is 4.39 Å². The molecule has 0 aromatic carbocycles. The highest BCUT2D eigenvalue weighted by molar-refractivity contribution is 4.94. The second kappa shape index (κ2) is 6.68. The van der Waals surface area contributed by atoms with Gasteiger partial charge in [0.25, 0.3) is 0 Å². The van der Waals surface area contributed by atoms with Gasteiger partial charge in [0.1, 0.15) is 0 Å². The summed E-state index contributed by atoms with van der Waals surface area (Å²) in [4.78, 5) is 0. The molecule has 0 spiro atoms. The normalized spacial score (nSPS) is 14.3. The molecule has 0 aromatic heterocycles. The number of hydrogen-bond donors (Lipinski definition) is 0. The Hall–Kier alpha value is -1.02. The van der Waals surface area contributed by atoms with Gasteiger partial charge in [0, 0.05) is 12.3 Å². The molecule has 2 heteroatoms. The highest BCUT2D eigenvalue weighted by Crippen LogP contribution is 2.14. The van der Waals surface area contributed by atoms with Crippen LogP contribution < -0.4 is 0 Å². The van der Waals surface area contributed by atoms with Crippen molar-refractivity contribution in [3.8, 4) is 18.4 Å². The summed E-state index contributed by atoms with van der Waals surface area (Å²) in [6, 6.07) is 2.03. The first-order valence-corrected chi connectivity index (χ1v) is 4.17. The van der Waals surface area contributed by atoms with E-state index < -0.39 is 6.17 Å². The van der Waals surface area contributed by atoms with Crippen LogP contribution in [0.25, 0.3) is 0 Å². The highest BCUT2D eigenvalue weighted by atomic mass is 19.1. The van der Waals surface area contributed by atoms with Gasteiger partial charge in [0.05, 0.1) is 12.2 Å². The topological polar surface area (TPSA) is 23.8 Å². The van der Waals surface area contributed by atoms with Crippen molar-refractivity contribution >= 4 is 0 Å². The third-order valence-electron chi connectivity index (χ3n) is 1.75. The number of nitriles is 1. The molecule has 0 saturated heterocycles. The van der Waals surface area contributed by atoms with Crippen LogP contribution in [0.5, 0.6) is 0 Å². The minimum Gasteiger partial charge on any atom is -0.248 e. The average Bonchev–Trinajstić information content (AvgIpc) is 2.05. The quantitative estimate of drug-likeness (QED) is 0.577. The smallest absolute Gasteiger partial charge is 0.0974 e. The lowest BCUT2D eigenvalue weighted by atomic mass is 9.98. The van der Waals surface area contributed by atoms with Crippen LogP contribution in [0.15, 0.2) is 0 Å². The van der Waals surface area contributed by atoms with Crippen LogP contribution in [0.3, 0.4) is 0 Å². The molecule has 0 radical (unpaired) electrons. The standard InChI is InChI=1S/C10H14FN/c1-3-10(5-4-8-12)7-6-9(2)11/h1,9-10H,4-7H2,2H3. The van der Waals surface area contributed by atoms with Crippen molar-refractivity contribution < 1.29 is 4.39 Å². The second-order valence-corrected chi connectivity index (χ2v) is 2.92. The summed E-state index contributed by atoms with van der Waals surface area (Å²) in [5, 5.41) is 8.30. The predicted octanol–water partition coefficient (Wildman–Crippen LogP) is 2.68. The lowest BCUT2D eigenvalue weighted by Crippen LogP contribution is -2.01. The van der Waals surface area contributed by atoms with Gasteiger partial charge in [-0.1, -0.05) is 0 Å². The summed E-state index contributed by atoms with van der Waals surface area (Å²) >= 11 is 0. The Kier molecular flexibility index (Phi) is 6.11. The number of alkyl halides is 1. The monoisotopic (exact) mass is 167 g/mol. The first-order valence-electron chi connectivity index (χ1n) is 4.17. The van der Waals surface area contributed by atoms with Gasteiger partial charge >= 0.3 is 0 Å². The SMILES string of the molecule is C#CC(CCC#N)CCC(C)F. The van der Waals surface area contributed by atoms with Crippen LogP contribution in [-0.2, 0) is 0 Å². The van der Waals surface area contributed by atoms with Crippen LogP contribution in [0.2, 0.25) is 0 Å². The van der Waals surface area contributed by atoms with Crippen LogP contribution in [0.4, 0.5) is 4.39 Å². The fraction of sp³-hybridized carbons (Fsp3) is 0.700. The summed E-state index contributed by atoms with van der Waals surface area (Å²) < 4.78 is 12.4. The molecule has 66 valence electrons. The molecule has 0 aromatic rings. The van der Waals surface area contributed by atoms with Crippen molar-refractivity contribution in [2.75, 3.05) is 0 Å². The Balaban J connectivity index is 3.57. The van der Waals surface area contributed by atoms with E-state index >= 15 is 0 Å². The first kappa shape index (κ1) is 11.0. The fourth-order valence-electron chi connectivity index (χ4n) is 0.981. The summed E-state index contributed by atoms with van der Waals surface area (Å²) in [6.07, 6.45) is 6.78. The molecule has 12 heavy (non-hydrogen) atoms. The molecule has 0 bridgehead atoms. The van der Waals surface area contributed by atoms with E-state index in [4.69, 9.17) is 11.7 Å². The van der Waals surface area contributed by atoms with E-state index in [-0.39, 0.29) is 5.92 Å². The van der Waals surface area contributed by atoms with E-state index in [1.165, 1.54) is 6.92 Å². The molecular weight excluding hydrogens is 153 g/mol. The minimum atomic E-state index is -0.789. The molecule has 0 N–H and O–H groups in total. The van der Waals surface area contributed by atoms with Gasteiger partial charge in [-0.25, -0.2) is 4.39 Å². The maximum absolute atomic E-state index is 12.4. The third-order valence-corrected chi connectivity index (χ3v) is 1.75. The maximum Gasteiger partial charge on any atom is 0.0974 e. The van der Waals surface area contributed by atoms with Gasteiger partial charge in [-0.3, -0.25) is 0 Å². The zero-order valence-corrected chi connectivity index (χ0v) is 7.39. The van der Waals surface area contributed by atoms with Crippen molar-refractivity contribution in [2.45, 2.75) is 38.8 Å². The van der Waals surface area contributed by atoms with Crippen molar-refractivity contribution in [3.63, 3.8) is 0 Å². The summed E-state index contributed by atoms with van der Waals surface area (Å²) in [6.45, 7) is 1.53. The number of halogens is 1. The molecular formula is C10H14FN. The summed E-state index contributed by atoms with van der Waals surface area (Å²) in [5.41, 5.74) is 0. The Morgan fingerprint density at radius 3 is 2.50 bits per heavy atom. The third kappa shape index (κ3) is 5.74. The molecule has 0 aliphatic heterocycles. The zero-order valence-electron chi connectivity index (χ0n) is 7.39. The molecule has 0 aliphatic carbocycles. The van der Waals surface area contributed by atoms with Crippen molar-refractivity contribution in [2.24, 2.45) is 5.92 Å². The lowest BCUT2D eigenvalue weighted by molar-refractivity contribution is 0.319. The van der Waals surface area contributed by atoms with Crippen molar-refractivity contribution in [3.05, 3.63) is 0 Å². The average molecular weight is 167 g/mol. The van der Waals surface area contributed by atoms with Gasteiger partial charge in [0.15, 0.2) is 0 Å². The number of nitrogens with zero attached hydrogens (tertiary/aromatic N) is 1. The largest absolute Gasteiger partial charge is 0.248 e. The van der Waals surface area contributed by atoms with Gasteiger partial charge in [0.2, 0.25) is 0 Å². The van der Waals surface area contributed by atoms with Gasteiger partial charge < -0.3 is 0 Å². The molecule has 2 unspecified atom stereocenters. The van der Waals surface area contributed by atoms with Crippen LogP contribution >= 0.6 is 0 Å². The van der Waals surface area contributed by atoms with Gasteiger partial charge in [-0.15, -0.1) is 12.3 Å². The van der Waals surface area contributed by atoms with Crippen LogP contribution in [0.1, 0.15) is 32.6 Å². The Labute approximate surface area is 73.6 Å². The molecule has 0 rings (SSSR count). The molecule has 0 aliphatic rings. The van der Waals surface area contributed by atoms with Crippen LogP contribution in [-0.4, -0.2) is 6.17 Å². The van der Waals surface area contributed by atoms with E-state index in [1.807, 2.05) is 6.07 Å². The Morgan fingerprint density at radius 1 is 1.42 bits per heavy atom. The molecule has 0 saturated carbocycles. The second-order valence-electron chi connectivity index (χ2n) is 2.92. The minimum absolute atomic E-state index is 0.0721. The van der Waals surface area contributed by atoms with E-state index in [2.05, 4.69) is 5.92 Å². The maximum atomic E-state index is 12.4. The van der Waals surface area contributed by atoms with Crippen molar-refractivity contribution in [1.82, 2.24) is 0 Å². The van der Waals surface area contributed by atoms with E-state index in [1.54, 1.807) is 0 Å². The van der Waals surface area contributed by atoms with E-state index in [0.29, 0.717) is 25.7 Å². The van der Waals surface area contributed by atoms with Crippen LogP contribution in [0, 0.1) is 29.6 Å². The molecule has 0 heterocycles. The first-order chi connectivity index (χ1) is 5.70. The number of terminal acetylenes is 1. The van der Waals surface area contributed by atoms with E-state index in [0.717, 1.165) is 0 Å². The van der Waals surface area contributed by atoms with Crippen molar-refractivity contribution in [1.29, 1.82) is 5.26 Å². The molecule has 0 fully saturated rings.